The van der Waals surface area contributed by atoms with Crippen molar-refractivity contribution in [3.05, 3.63) is 60.8 Å². The lowest BCUT2D eigenvalue weighted by Gasteiger charge is -2.05. The van der Waals surface area contributed by atoms with Crippen LogP contribution >= 0.6 is 0 Å². The van der Waals surface area contributed by atoms with E-state index in [1.807, 2.05) is 13.8 Å². The number of hydrogen-bond donors (Lipinski definition) is 0. The van der Waals surface area contributed by atoms with Gasteiger partial charge in [-0.3, -0.25) is 4.79 Å². The molecule has 0 spiro atoms. The molecule has 0 aliphatic carbocycles. The van der Waals surface area contributed by atoms with Gasteiger partial charge in [0.2, 0.25) is 0 Å². The van der Waals surface area contributed by atoms with E-state index in [1.165, 1.54) is 12.8 Å². The molecule has 0 bridgehead atoms. The predicted molar refractivity (Wildman–Crippen MR) is 114 cm³/mol. The van der Waals surface area contributed by atoms with E-state index in [9.17, 15) is 4.79 Å². The molecule has 26 heavy (non-hydrogen) atoms. The standard InChI is InChI=1S/C24H38O2/c1-4-5-6-7-8-9-10-11-12-13-14-15-16-17-18-19-20-21-22-26-24(25)23(2)3/h6-7,9-10,12-13,15-16,18-19,23H,4-5,8,11,14,17,20-22H2,1-3H3/b7-6-,10-9-,13-12-,16-15-,19-18-. The third-order valence-corrected chi connectivity index (χ3v) is 3.61. The van der Waals surface area contributed by atoms with Gasteiger partial charge in [-0.1, -0.05) is 88.0 Å². The summed E-state index contributed by atoms with van der Waals surface area (Å²) in [6.45, 7) is 6.43. The number of allylic oxidation sites excluding steroid dienone is 10. The molecule has 0 atom stereocenters. The van der Waals surface area contributed by atoms with Crippen LogP contribution in [0.4, 0.5) is 0 Å². The summed E-state index contributed by atoms with van der Waals surface area (Å²) in [7, 11) is 0. The number of carbonyl (C=O) groups is 1. The Morgan fingerprint density at radius 2 is 1.15 bits per heavy atom. The fourth-order valence-corrected chi connectivity index (χ4v) is 2.03. The molecular formula is C24H38O2. The molecule has 146 valence electrons. The maximum atomic E-state index is 11.3. The average Bonchev–Trinajstić information content (AvgIpc) is 2.63. The minimum atomic E-state index is -0.107. The molecule has 0 unspecified atom stereocenters. The second kappa shape index (κ2) is 19.5. The largest absolute Gasteiger partial charge is 0.465 e. The first-order chi connectivity index (χ1) is 12.7. The monoisotopic (exact) mass is 358 g/mol. The first-order valence-corrected chi connectivity index (χ1v) is 10.1. The zero-order chi connectivity index (χ0) is 19.3. The van der Waals surface area contributed by atoms with Crippen LogP contribution < -0.4 is 0 Å². The number of esters is 1. The van der Waals surface area contributed by atoms with Crippen LogP contribution in [0.5, 0.6) is 0 Å². The highest BCUT2D eigenvalue weighted by molar-refractivity contribution is 5.71. The van der Waals surface area contributed by atoms with Crippen molar-refractivity contribution in [3.8, 4) is 0 Å². The fraction of sp³-hybridized carbons (Fsp3) is 0.542. The van der Waals surface area contributed by atoms with Gasteiger partial charge in [-0.15, -0.1) is 0 Å². The van der Waals surface area contributed by atoms with Crippen molar-refractivity contribution in [3.63, 3.8) is 0 Å². The van der Waals surface area contributed by atoms with Crippen molar-refractivity contribution in [1.29, 1.82) is 0 Å². The second-order valence-corrected chi connectivity index (χ2v) is 6.55. The van der Waals surface area contributed by atoms with Crippen molar-refractivity contribution in [2.24, 2.45) is 5.92 Å². The average molecular weight is 359 g/mol. The number of unbranched alkanes of at least 4 members (excludes halogenated alkanes) is 2. The molecule has 0 rings (SSSR count). The summed E-state index contributed by atoms with van der Waals surface area (Å²) < 4.78 is 5.13. The Morgan fingerprint density at radius 1 is 0.731 bits per heavy atom. The molecule has 0 aromatic heterocycles. The van der Waals surface area contributed by atoms with Gasteiger partial charge in [-0.25, -0.2) is 0 Å². The number of ether oxygens (including phenoxy) is 1. The van der Waals surface area contributed by atoms with Gasteiger partial charge in [0.25, 0.3) is 0 Å². The Hall–Kier alpha value is -1.83. The van der Waals surface area contributed by atoms with Gasteiger partial charge in [0.1, 0.15) is 0 Å². The lowest BCUT2D eigenvalue weighted by Crippen LogP contribution is -2.12. The molecule has 0 aliphatic heterocycles. The minimum Gasteiger partial charge on any atom is -0.465 e. The summed E-state index contributed by atoms with van der Waals surface area (Å²) in [6.07, 6.45) is 30.3. The Labute approximate surface area is 161 Å². The smallest absolute Gasteiger partial charge is 0.308 e. The third-order valence-electron chi connectivity index (χ3n) is 3.61. The molecule has 2 heteroatoms. The van der Waals surface area contributed by atoms with E-state index in [0.29, 0.717) is 6.61 Å². The minimum absolute atomic E-state index is 0.0338. The van der Waals surface area contributed by atoms with Crippen LogP contribution in [-0.4, -0.2) is 12.6 Å². The van der Waals surface area contributed by atoms with Gasteiger partial charge in [-0.2, -0.15) is 0 Å². The lowest BCUT2D eigenvalue weighted by atomic mass is 10.2. The zero-order valence-corrected chi connectivity index (χ0v) is 17.0. The molecule has 2 nitrogen and oxygen atoms in total. The first-order valence-electron chi connectivity index (χ1n) is 10.1. The van der Waals surface area contributed by atoms with Crippen molar-refractivity contribution in [2.45, 2.75) is 72.1 Å². The van der Waals surface area contributed by atoms with Crippen LogP contribution in [-0.2, 0) is 9.53 Å². The first kappa shape index (κ1) is 24.2. The molecule has 0 saturated carbocycles. The summed E-state index contributed by atoms with van der Waals surface area (Å²) in [5.41, 5.74) is 0. The maximum Gasteiger partial charge on any atom is 0.308 e. The van der Waals surface area contributed by atoms with Crippen molar-refractivity contribution in [2.75, 3.05) is 6.61 Å². The molecule has 0 aliphatic rings. The van der Waals surface area contributed by atoms with Gasteiger partial charge in [0.05, 0.1) is 12.5 Å². The van der Waals surface area contributed by atoms with Crippen LogP contribution in [0.3, 0.4) is 0 Å². The number of rotatable bonds is 15. The van der Waals surface area contributed by atoms with Gasteiger partial charge in [0, 0.05) is 0 Å². The lowest BCUT2D eigenvalue weighted by molar-refractivity contribution is -0.147. The van der Waals surface area contributed by atoms with Gasteiger partial charge in [-0.05, 0) is 44.9 Å². The quantitative estimate of drug-likeness (QED) is 0.177. The third kappa shape index (κ3) is 18.5. The molecule has 0 saturated heterocycles. The van der Waals surface area contributed by atoms with E-state index in [1.54, 1.807) is 0 Å². The van der Waals surface area contributed by atoms with Gasteiger partial charge < -0.3 is 4.74 Å². The van der Waals surface area contributed by atoms with Crippen molar-refractivity contribution >= 4 is 5.97 Å². The summed E-state index contributed by atoms with van der Waals surface area (Å²) in [5.74, 6) is -0.141. The molecule has 0 aromatic carbocycles. The summed E-state index contributed by atoms with van der Waals surface area (Å²) in [5, 5.41) is 0. The SMILES string of the molecule is CCC/C=C\C/C=C\C/C=C\C/C=C\C/C=C\CCCOC(=O)C(C)C. The zero-order valence-electron chi connectivity index (χ0n) is 17.0. The molecule has 0 fully saturated rings. The van der Waals surface area contributed by atoms with Gasteiger partial charge in [0.15, 0.2) is 0 Å². The topological polar surface area (TPSA) is 26.3 Å². The normalized spacial score (nSPS) is 12.8. The maximum absolute atomic E-state index is 11.3. The van der Waals surface area contributed by atoms with Crippen molar-refractivity contribution in [1.82, 2.24) is 0 Å². The Balaban J connectivity index is 3.49. The molecule has 0 radical (unpaired) electrons. The van der Waals surface area contributed by atoms with Crippen LogP contribution in [0.1, 0.15) is 72.1 Å². The Kier molecular flexibility index (Phi) is 18.1. The Bertz CT molecular complexity index is 465. The van der Waals surface area contributed by atoms with Crippen LogP contribution in [0.15, 0.2) is 60.8 Å². The summed E-state index contributed by atoms with van der Waals surface area (Å²) in [4.78, 5) is 11.3. The highest BCUT2D eigenvalue weighted by Gasteiger charge is 2.06. The van der Waals surface area contributed by atoms with E-state index < -0.39 is 0 Å². The van der Waals surface area contributed by atoms with E-state index in [0.717, 1.165) is 38.5 Å². The molecule has 0 amide bonds. The van der Waals surface area contributed by atoms with E-state index >= 15 is 0 Å². The van der Waals surface area contributed by atoms with Crippen LogP contribution in [0, 0.1) is 5.92 Å². The molecule has 0 aromatic rings. The summed E-state index contributed by atoms with van der Waals surface area (Å²) in [6, 6.07) is 0. The van der Waals surface area contributed by atoms with Gasteiger partial charge >= 0.3 is 5.97 Å². The van der Waals surface area contributed by atoms with Crippen molar-refractivity contribution < 1.29 is 9.53 Å². The van der Waals surface area contributed by atoms with Crippen LogP contribution in [0.2, 0.25) is 0 Å². The van der Waals surface area contributed by atoms with E-state index in [4.69, 9.17) is 4.74 Å². The second-order valence-electron chi connectivity index (χ2n) is 6.55. The van der Waals surface area contributed by atoms with E-state index in [-0.39, 0.29) is 11.9 Å². The Morgan fingerprint density at radius 3 is 1.58 bits per heavy atom. The van der Waals surface area contributed by atoms with E-state index in [2.05, 4.69) is 67.7 Å². The number of hydrogen-bond acceptors (Lipinski definition) is 2. The highest BCUT2D eigenvalue weighted by atomic mass is 16.5. The molecule has 0 N–H and O–H groups in total. The summed E-state index contributed by atoms with van der Waals surface area (Å²) >= 11 is 0. The predicted octanol–water partition coefficient (Wildman–Crippen LogP) is 7.11. The molecule has 0 heterocycles. The highest BCUT2D eigenvalue weighted by Crippen LogP contribution is 2.00. The van der Waals surface area contributed by atoms with Crippen LogP contribution in [0.25, 0.3) is 0 Å². The fourth-order valence-electron chi connectivity index (χ4n) is 2.03. The molecular weight excluding hydrogens is 320 g/mol. The number of carbonyl (C=O) groups excluding carboxylic acids is 1.